The average molecular weight is 2140 g/mol. The van der Waals surface area contributed by atoms with Gasteiger partial charge in [-0.2, -0.15) is 0 Å². The first kappa shape index (κ1) is 111. The van der Waals surface area contributed by atoms with Gasteiger partial charge in [-0.05, 0) is 214 Å². The Morgan fingerprint density at radius 2 is 0.905 bits per heavy atom. The molecule has 0 aliphatic heterocycles. The van der Waals surface area contributed by atoms with Gasteiger partial charge in [0.05, 0.1) is 44.6 Å². The molecule has 0 aliphatic carbocycles. The van der Waals surface area contributed by atoms with Crippen molar-refractivity contribution in [3.05, 3.63) is 234 Å². The molecule has 0 atom stereocenters. The summed E-state index contributed by atoms with van der Waals surface area (Å²) in [5.41, 5.74) is 19.6. The van der Waals surface area contributed by atoms with E-state index >= 15 is 0 Å². The van der Waals surface area contributed by atoms with Crippen LogP contribution in [0, 0.1) is 0 Å². The Hall–Kier alpha value is -8.77. The SMILES string of the molecule is CC(=O)c1ccc(-c2cnc(OCCN)c(Cl)c2)s1.CC(=O)c1ccc(-c2cnc(OCCNC(=O)/C=C/c3ccc(N)nc3)c(Cl)c2)s1.CC(=O)c1ccc(B(O)O)s1.CC(C)(C)OC(=O)NCCBr.CCCOc1ncc(-c2ccc(C(C)=O)s2)cc1Cl.CCCOc1ncc(Br)cc1Cl.ClCCl.Nc1ccc(/C=C/C(=O)O)cn1.O=c1[nH]cc(Br)cc1Cl. The van der Waals surface area contributed by atoms with E-state index in [2.05, 4.69) is 93.3 Å². The maximum Gasteiger partial charge on any atom is 0.499 e. The molecular formula is C83H89BBr3Cl7N12O16S4. The number of carboxylic acid groups (broad SMARTS) is 1. The molecule has 2 amide bonds. The monoisotopic (exact) mass is 2130 g/mol. The number of pyridine rings is 7. The van der Waals surface area contributed by atoms with Crippen LogP contribution in [0.25, 0.3) is 43.5 Å². The van der Waals surface area contributed by atoms with Crippen LogP contribution >= 0.6 is 174 Å². The number of aromatic nitrogens is 7. The zero-order valence-electron chi connectivity index (χ0n) is 69.0. The Morgan fingerprint density at radius 1 is 0.516 bits per heavy atom. The number of aromatic amines is 1. The molecule has 0 unspecified atom stereocenters. The minimum Gasteiger partial charge on any atom is -0.478 e. The molecule has 0 spiro atoms. The number of thiophene rings is 4. The number of ketones is 4. The van der Waals surface area contributed by atoms with E-state index in [1.54, 1.807) is 118 Å². The molecule has 126 heavy (non-hydrogen) atoms. The largest absolute Gasteiger partial charge is 0.499 e. The number of carbonyl (C=O) groups is 7. The van der Waals surface area contributed by atoms with Gasteiger partial charge in [-0.3, -0.25) is 28.8 Å². The van der Waals surface area contributed by atoms with Crippen molar-refractivity contribution < 1.29 is 72.4 Å². The lowest BCUT2D eigenvalue weighted by atomic mass is 9.90. The minimum atomic E-state index is -1.46. The number of nitrogen functional groups attached to an aromatic ring is 2. The molecule has 43 heteroatoms. The van der Waals surface area contributed by atoms with Crippen LogP contribution in [0.5, 0.6) is 23.5 Å². The predicted octanol–water partition coefficient (Wildman–Crippen LogP) is 20.1. The van der Waals surface area contributed by atoms with E-state index in [0.29, 0.717) is 102 Å². The Kier molecular flexibility index (Phi) is 53.8. The maximum atomic E-state index is 11.8. The summed E-state index contributed by atoms with van der Waals surface area (Å²) in [4.78, 5) is 120. The summed E-state index contributed by atoms with van der Waals surface area (Å²) >= 11 is 54.2. The highest BCUT2D eigenvalue weighted by molar-refractivity contribution is 9.10. The number of anilines is 2. The zero-order valence-corrected chi connectivity index (χ0v) is 82.3. The second-order valence-corrected chi connectivity index (χ2v) is 35.3. The third-order valence-electron chi connectivity index (χ3n) is 14.1. The molecule has 0 bridgehead atoms. The number of carboxylic acids is 1. The third-order valence-corrected chi connectivity index (χ3v) is 21.7. The highest BCUT2D eigenvalue weighted by Gasteiger charge is 2.18. The highest BCUT2D eigenvalue weighted by Crippen LogP contribution is 2.36. The summed E-state index contributed by atoms with van der Waals surface area (Å²) in [6.45, 7) is 18.8. The summed E-state index contributed by atoms with van der Waals surface area (Å²) < 4.78 is 28.5. The van der Waals surface area contributed by atoms with Crippen molar-refractivity contribution in [2.24, 2.45) is 5.73 Å². The lowest BCUT2D eigenvalue weighted by Crippen LogP contribution is -2.33. The number of H-pyrrole nitrogens is 1. The number of alkyl carbamates (subject to hydrolysis) is 1. The lowest BCUT2D eigenvalue weighted by Gasteiger charge is -2.19. The number of halogens is 10. The number of hydrogen-bond donors (Lipinski definition) is 9. The van der Waals surface area contributed by atoms with Crippen molar-refractivity contribution in [2.75, 3.05) is 68.2 Å². The van der Waals surface area contributed by atoms with E-state index in [4.69, 9.17) is 137 Å². The number of nitrogens with zero attached hydrogens (tertiary/aromatic N) is 6. The average Bonchev–Trinajstić information content (AvgIpc) is 1.64. The van der Waals surface area contributed by atoms with Crippen molar-refractivity contribution in [1.82, 2.24) is 45.5 Å². The van der Waals surface area contributed by atoms with E-state index in [9.17, 15) is 38.4 Å². The molecule has 0 radical (unpaired) electrons. The fourth-order valence-electron chi connectivity index (χ4n) is 8.43. The topological polar surface area (TPSA) is 439 Å². The molecule has 11 aromatic rings. The number of nitrogens with two attached hydrogens (primary N) is 3. The van der Waals surface area contributed by atoms with Crippen LogP contribution in [0.4, 0.5) is 16.4 Å². The summed E-state index contributed by atoms with van der Waals surface area (Å²) in [7, 11) is -1.46. The standard InChI is InChI=1S/C21H19ClN4O3S.C14H14ClNO2S.C13H13ClN2O2S.C8H9BrClNO.C8H8N2O2.C7H14BrNO2.C6H7BO3S.C5H3BrClNO.CH2Cl2/c1-13(27)17-4-5-18(30-17)15-10-16(22)21(26-12-15)29-9-8-24-20(28)7-3-14-2-6-19(23)25-11-14;1-3-6-18-14-11(15)7-10(8-16-14)13-5-4-12(19-13)9(2)17;1-8(17)11-2-3-12(19-11)9-6-10(14)13(16-7-9)18-5-4-15;1-2-3-12-8-7(10)4-6(9)5-11-8;9-7-3-1-6(5-10-7)2-4-8(11)12;1-7(2,3)11-6(10)9-5-4-8;1-4(8)5-2-3-6(11-5)7(9)10;6-3-1-4(7)5(9)8-2-3;2-1-3/h2-7,10-12H,8-9H2,1H3,(H2,23,25)(H,24,28);4-5,7-8H,3,6H2,1-2H3;2-3,6-7H,4-5,15H2,1H3;4-5H,2-3H2,1H3;1-5H,(H2,9,10)(H,11,12);4-5H2,1-3H3,(H,9,10);2-3,9-10H,1H3;1-2H,(H,8,9);1H2/b7-3+;;;;4-2+;;;;. The molecule has 11 rings (SSSR count). The molecule has 0 aromatic carbocycles. The van der Waals surface area contributed by atoms with E-state index in [1.807, 2.05) is 65.0 Å². The quantitative estimate of drug-likeness (QED) is 0.00759. The highest BCUT2D eigenvalue weighted by atomic mass is 79.9. The number of carbonyl (C=O) groups excluding carboxylic acids is 6. The molecule has 11 heterocycles. The molecule has 12 N–H and O–H groups in total. The van der Waals surface area contributed by atoms with Gasteiger partial charge >= 0.3 is 19.2 Å². The van der Waals surface area contributed by atoms with E-state index in [-0.39, 0.29) is 70.1 Å². The number of hydrogen-bond acceptors (Lipinski definition) is 28. The third kappa shape index (κ3) is 45.3. The summed E-state index contributed by atoms with van der Waals surface area (Å²) in [5, 5.41) is 33.9. The van der Waals surface area contributed by atoms with Crippen molar-refractivity contribution >= 4 is 251 Å². The smallest absolute Gasteiger partial charge is 0.478 e. The lowest BCUT2D eigenvalue weighted by molar-refractivity contribution is -0.131. The van der Waals surface area contributed by atoms with Gasteiger partial charge in [0, 0.05) is 119 Å². The van der Waals surface area contributed by atoms with Gasteiger partial charge in [-0.25, -0.2) is 39.5 Å². The number of aliphatic carboxylic acids is 1. The number of alkyl halides is 3. The molecular weight excluding hydrogens is 2050 g/mol. The molecule has 674 valence electrons. The fourth-order valence-corrected chi connectivity index (χ4v) is 14.0. The first-order valence-corrected chi connectivity index (χ1v) is 46.0. The predicted molar refractivity (Wildman–Crippen MR) is 521 cm³/mol. The van der Waals surface area contributed by atoms with Gasteiger partial charge in [-0.15, -0.1) is 68.5 Å². The maximum absolute atomic E-state index is 11.8. The molecule has 28 nitrogen and oxygen atoms in total. The van der Waals surface area contributed by atoms with Gasteiger partial charge in [0.1, 0.15) is 55.6 Å². The zero-order chi connectivity index (χ0) is 94.0. The van der Waals surface area contributed by atoms with Crippen LogP contribution in [-0.4, -0.2) is 161 Å². The van der Waals surface area contributed by atoms with Gasteiger partial charge in [0.25, 0.3) is 5.56 Å². The van der Waals surface area contributed by atoms with Crippen molar-refractivity contribution in [2.45, 2.75) is 80.8 Å². The van der Waals surface area contributed by atoms with Crippen molar-refractivity contribution in [1.29, 1.82) is 0 Å². The number of amides is 2. The van der Waals surface area contributed by atoms with Gasteiger partial charge in [-0.1, -0.05) is 93.8 Å². The molecule has 11 aromatic heterocycles. The van der Waals surface area contributed by atoms with E-state index < -0.39 is 18.7 Å². The van der Waals surface area contributed by atoms with Gasteiger partial charge in [0.15, 0.2) is 23.1 Å². The summed E-state index contributed by atoms with van der Waals surface area (Å²) in [6.07, 6.45) is 18.4. The molecule has 0 saturated heterocycles. The van der Waals surface area contributed by atoms with Crippen LogP contribution in [0.15, 0.2) is 172 Å². The first-order chi connectivity index (χ1) is 59.7. The molecule has 0 fully saturated rings. The van der Waals surface area contributed by atoms with Crippen molar-refractivity contribution in [3.8, 4) is 54.8 Å². The van der Waals surface area contributed by atoms with Crippen LogP contribution in [0.1, 0.15) is 125 Å². The Labute approximate surface area is 804 Å². The Balaban J connectivity index is 0.000000382. The summed E-state index contributed by atoms with van der Waals surface area (Å²) in [5.74, 6) is 1.30. The Morgan fingerprint density at radius 3 is 1.23 bits per heavy atom. The summed E-state index contributed by atoms with van der Waals surface area (Å²) in [6, 6.07) is 29.5. The second-order valence-electron chi connectivity index (χ2n) is 25.5. The molecule has 0 saturated carbocycles. The minimum absolute atomic E-state index is 0.0206. The number of ether oxygens (including phenoxy) is 5. The number of Topliss-reactive ketones (excluding diaryl/α,β-unsaturated/α-hetero) is 4. The van der Waals surface area contributed by atoms with Crippen LogP contribution in [0.3, 0.4) is 0 Å². The van der Waals surface area contributed by atoms with Crippen LogP contribution in [0.2, 0.25) is 25.1 Å². The van der Waals surface area contributed by atoms with Gasteiger partial charge < -0.3 is 71.7 Å². The number of rotatable bonds is 27. The van der Waals surface area contributed by atoms with Gasteiger partial charge in [0.2, 0.25) is 29.4 Å². The normalized spacial score (nSPS) is 10.3. The van der Waals surface area contributed by atoms with Crippen LogP contribution < -0.4 is 57.1 Å². The van der Waals surface area contributed by atoms with Crippen LogP contribution in [-0.2, 0) is 14.3 Å². The fraction of sp³-hybridized carbons (Fsp3) is 0.253. The van der Waals surface area contributed by atoms with E-state index in [0.717, 1.165) is 91.2 Å². The first-order valence-electron chi connectivity index (χ1n) is 37.0. The van der Waals surface area contributed by atoms with Crippen molar-refractivity contribution in [3.63, 3.8) is 0 Å². The second kappa shape index (κ2) is 60.9. The molecule has 0 aliphatic rings. The Bertz CT molecular complexity index is 5300. The van der Waals surface area contributed by atoms with E-state index in [1.165, 1.54) is 78.5 Å². The number of nitrogens with one attached hydrogen (secondary N) is 3.